The number of hydrazine groups is 1. The highest BCUT2D eigenvalue weighted by Gasteiger charge is 2.15. The molecule has 1 unspecified atom stereocenters. The van der Waals surface area contributed by atoms with Crippen LogP contribution >= 0.6 is 15.9 Å². The Morgan fingerprint density at radius 2 is 2.12 bits per heavy atom. The summed E-state index contributed by atoms with van der Waals surface area (Å²) in [6.07, 6.45) is 9.07. The molecular formula is C12H21BrN2O. The highest BCUT2D eigenvalue weighted by molar-refractivity contribution is 9.10. The van der Waals surface area contributed by atoms with E-state index in [2.05, 4.69) is 28.3 Å². The van der Waals surface area contributed by atoms with Crippen LogP contribution in [-0.4, -0.2) is 0 Å². The molecule has 1 rings (SSSR count). The summed E-state index contributed by atoms with van der Waals surface area (Å²) in [4.78, 5) is 0. The van der Waals surface area contributed by atoms with Crippen molar-refractivity contribution in [1.82, 2.24) is 5.43 Å². The largest absolute Gasteiger partial charge is 0.466 e. The van der Waals surface area contributed by atoms with Crippen molar-refractivity contribution in [1.29, 1.82) is 0 Å². The number of rotatable bonds is 8. The maximum Gasteiger partial charge on any atom is 0.136 e. The number of furan rings is 1. The molecule has 1 atom stereocenters. The van der Waals surface area contributed by atoms with Crippen LogP contribution in [0.1, 0.15) is 57.3 Å². The van der Waals surface area contributed by atoms with Crippen molar-refractivity contribution in [2.24, 2.45) is 5.84 Å². The molecule has 0 amide bonds. The van der Waals surface area contributed by atoms with Gasteiger partial charge in [-0.25, -0.2) is 5.43 Å². The first-order chi connectivity index (χ1) is 7.79. The zero-order chi connectivity index (χ0) is 11.8. The van der Waals surface area contributed by atoms with E-state index in [0.29, 0.717) is 0 Å². The quantitative estimate of drug-likeness (QED) is 0.433. The van der Waals surface area contributed by atoms with Crippen molar-refractivity contribution < 1.29 is 4.42 Å². The van der Waals surface area contributed by atoms with Crippen LogP contribution in [0, 0.1) is 0 Å². The molecule has 0 aliphatic carbocycles. The van der Waals surface area contributed by atoms with Gasteiger partial charge in [0, 0.05) is 0 Å². The Balaban J connectivity index is 2.30. The minimum absolute atomic E-state index is 0.117. The van der Waals surface area contributed by atoms with E-state index in [0.717, 1.165) is 16.7 Å². The van der Waals surface area contributed by atoms with Gasteiger partial charge in [-0.3, -0.25) is 5.84 Å². The summed E-state index contributed by atoms with van der Waals surface area (Å²) in [6, 6.07) is 2.02. The Morgan fingerprint density at radius 3 is 2.69 bits per heavy atom. The SMILES string of the molecule is CCCCCCCC(NN)c1occc1Br. The van der Waals surface area contributed by atoms with Crippen LogP contribution in [-0.2, 0) is 0 Å². The minimum Gasteiger partial charge on any atom is -0.466 e. The molecule has 1 aromatic rings. The number of nitrogens with one attached hydrogen (secondary N) is 1. The molecule has 0 fully saturated rings. The summed E-state index contributed by atoms with van der Waals surface area (Å²) in [7, 11) is 0. The van der Waals surface area contributed by atoms with Crippen molar-refractivity contribution in [2.75, 3.05) is 0 Å². The Morgan fingerprint density at radius 1 is 1.38 bits per heavy atom. The molecule has 0 spiro atoms. The fraction of sp³-hybridized carbons (Fsp3) is 0.667. The lowest BCUT2D eigenvalue weighted by molar-refractivity contribution is 0.386. The van der Waals surface area contributed by atoms with Crippen molar-refractivity contribution >= 4 is 15.9 Å². The van der Waals surface area contributed by atoms with Crippen molar-refractivity contribution in [3.05, 3.63) is 22.6 Å². The molecule has 4 heteroatoms. The number of hydrogen-bond acceptors (Lipinski definition) is 3. The molecule has 0 saturated heterocycles. The summed E-state index contributed by atoms with van der Waals surface area (Å²) < 4.78 is 6.40. The average molecular weight is 289 g/mol. The molecule has 3 nitrogen and oxygen atoms in total. The second-order valence-corrected chi connectivity index (χ2v) is 4.91. The zero-order valence-corrected chi connectivity index (χ0v) is 11.4. The third-order valence-corrected chi connectivity index (χ3v) is 3.41. The molecule has 16 heavy (non-hydrogen) atoms. The van der Waals surface area contributed by atoms with Crippen LogP contribution in [0.4, 0.5) is 0 Å². The van der Waals surface area contributed by atoms with Crippen LogP contribution in [0.25, 0.3) is 0 Å². The molecule has 0 radical (unpaired) electrons. The maximum absolute atomic E-state index is 5.54. The van der Waals surface area contributed by atoms with E-state index in [1.54, 1.807) is 6.26 Å². The molecule has 3 N–H and O–H groups in total. The van der Waals surface area contributed by atoms with Gasteiger partial charge >= 0.3 is 0 Å². The molecule has 0 saturated carbocycles. The lowest BCUT2D eigenvalue weighted by Gasteiger charge is -2.13. The van der Waals surface area contributed by atoms with E-state index < -0.39 is 0 Å². The van der Waals surface area contributed by atoms with Crippen molar-refractivity contribution in [2.45, 2.75) is 51.5 Å². The molecule has 1 heterocycles. The minimum atomic E-state index is 0.117. The summed E-state index contributed by atoms with van der Waals surface area (Å²) in [5.74, 6) is 6.44. The monoisotopic (exact) mass is 288 g/mol. The topological polar surface area (TPSA) is 51.2 Å². The Kier molecular flexibility index (Phi) is 6.76. The summed E-state index contributed by atoms with van der Waals surface area (Å²) in [6.45, 7) is 2.23. The molecule has 0 bridgehead atoms. The Hall–Kier alpha value is -0.320. The highest BCUT2D eigenvalue weighted by atomic mass is 79.9. The third kappa shape index (κ3) is 4.28. The zero-order valence-electron chi connectivity index (χ0n) is 9.84. The van der Waals surface area contributed by atoms with Gasteiger partial charge in [0.05, 0.1) is 16.8 Å². The second kappa shape index (κ2) is 7.87. The smallest absolute Gasteiger partial charge is 0.136 e. The Labute approximate surface area is 106 Å². The first kappa shape index (κ1) is 13.7. The van der Waals surface area contributed by atoms with E-state index in [4.69, 9.17) is 10.3 Å². The first-order valence-corrected chi connectivity index (χ1v) is 6.78. The van der Waals surface area contributed by atoms with Crippen LogP contribution in [0.15, 0.2) is 21.2 Å². The maximum atomic E-state index is 5.54. The van der Waals surface area contributed by atoms with E-state index in [1.807, 2.05) is 6.07 Å². The van der Waals surface area contributed by atoms with E-state index in [1.165, 1.54) is 32.1 Å². The van der Waals surface area contributed by atoms with Crippen LogP contribution < -0.4 is 11.3 Å². The number of hydrogen-bond donors (Lipinski definition) is 2. The van der Waals surface area contributed by atoms with Gasteiger partial charge in [-0.1, -0.05) is 39.0 Å². The third-order valence-electron chi connectivity index (χ3n) is 2.76. The van der Waals surface area contributed by atoms with Gasteiger partial charge in [0.1, 0.15) is 5.76 Å². The molecule has 92 valence electrons. The predicted octanol–water partition coefficient (Wildman–Crippen LogP) is 3.91. The Bertz CT molecular complexity index is 288. The standard InChI is InChI=1S/C12H21BrN2O/c1-2-3-4-5-6-7-11(15-14)12-10(13)8-9-16-12/h8-9,11,15H,2-7,14H2,1H3. The molecule has 0 aliphatic rings. The van der Waals surface area contributed by atoms with Gasteiger partial charge in [0.25, 0.3) is 0 Å². The number of halogens is 1. The summed E-state index contributed by atoms with van der Waals surface area (Å²) in [5.41, 5.74) is 2.81. The normalized spacial score (nSPS) is 12.9. The summed E-state index contributed by atoms with van der Waals surface area (Å²) >= 11 is 3.45. The lowest BCUT2D eigenvalue weighted by Crippen LogP contribution is -2.27. The van der Waals surface area contributed by atoms with Gasteiger partial charge in [-0.05, 0) is 28.4 Å². The molecule has 0 aliphatic heterocycles. The summed E-state index contributed by atoms with van der Waals surface area (Å²) in [5, 5.41) is 0. The van der Waals surface area contributed by atoms with Gasteiger partial charge in [0.2, 0.25) is 0 Å². The van der Waals surface area contributed by atoms with E-state index in [9.17, 15) is 0 Å². The molecular weight excluding hydrogens is 268 g/mol. The van der Waals surface area contributed by atoms with E-state index in [-0.39, 0.29) is 6.04 Å². The second-order valence-electron chi connectivity index (χ2n) is 4.05. The van der Waals surface area contributed by atoms with Crippen molar-refractivity contribution in [3.8, 4) is 0 Å². The first-order valence-electron chi connectivity index (χ1n) is 5.98. The van der Waals surface area contributed by atoms with Gasteiger partial charge in [-0.2, -0.15) is 0 Å². The van der Waals surface area contributed by atoms with Crippen LogP contribution in [0.3, 0.4) is 0 Å². The van der Waals surface area contributed by atoms with Gasteiger partial charge < -0.3 is 4.42 Å². The van der Waals surface area contributed by atoms with Gasteiger partial charge in [0.15, 0.2) is 0 Å². The average Bonchev–Trinajstić information content (AvgIpc) is 2.70. The lowest BCUT2D eigenvalue weighted by atomic mass is 10.1. The molecule has 0 aromatic carbocycles. The van der Waals surface area contributed by atoms with Crippen LogP contribution in [0.5, 0.6) is 0 Å². The number of nitrogens with two attached hydrogens (primary N) is 1. The molecule has 1 aromatic heterocycles. The predicted molar refractivity (Wildman–Crippen MR) is 69.8 cm³/mol. The fourth-order valence-corrected chi connectivity index (χ4v) is 2.27. The van der Waals surface area contributed by atoms with Gasteiger partial charge in [-0.15, -0.1) is 0 Å². The van der Waals surface area contributed by atoms with Crippen LogP contribution in [0.2, 0.25) is 0 Å². The highest BCUT2D eigenvalue weighted by Crippen LogP contribution is 2.27. The number of unbranched alkanes of at least 4 members (excludes halogenated alkanes) is 4. The fourth-order valence-electron chi connectivity index (χ4n) is 1.80. The van der Waals surface area contributed by atoms with E-state index >= 15 is 0 Å². The van der Waals surface area contributed by atoms with Crippen molar-refractivity contribution in [3.63, 3.8) is 0 Å².